The van der Waals surface area contributed by atoms with E-state index in [-0.39, 0.29) is 18.0 Å². The van der Waals surface area contributed by atoms with Crippen molar-refractivity contribution in [2.45, 2.75) is 59.4 Å². The molecule has 3 aromatic carbocycles. The molecule has 7 rings (SSSR count). The second-order valence-electron chi connectivity index (χ2n) is 11.1. The van der Waals surface area contributed by atoms with E-state index in [1.165, 1.54) is 38.5 Å². The lowest BCUT2D eigenvalue weighted by atomic mass is 9.50. The molecule has 0 spiro atoms. The Labute approximate surface area is 219 Å². The zero-order valence-electron chi connectivity index (χ0n) is 20.8. The molecule has 0 aliphatic heterocycles. The fraction of sp³-hybridized carbons (Fsp3) is 0.419. The van der Waals surface area contributed by atoms with Crippen molar-refractivity contribution in [2.24, 2.45) is 23.2 Å². The molecule has 4 bridgehead atoms. The summed E-state index contributed by atoms with van der Waals surface area (Å²) < 4.78 is 53.5. The van der Waals surface area contributed by atoms with Gasteiger partial charge in [-0.25, -0.2) is 0 Å². The Bertz CT molecular complexity index is 1140. The summed E-state index contributed by atoms with van der Waals surface area (Å²) in [4.78, 5) is 2.86. The Kier molecular flexibility index (Phi) is 6.74. The first-order valence-corrected chi connectivity index (χ1v) is 14.4. The lowest BCUT2D eigenvalue weighted by Gasteiger charge is -2.56. The van der Waals surface area contributed by atoms with Crippen LogP contribution in [0.15, 0.2) is 93.5 Å². The minimum absolute atomic E-state index is 0.167. The molecule has 0 N–H and O–H groups in total. The molecule has 4 aliphatic carbocycles. The Hall–Kier alpha value is -2.44. The molecule has 3 aromatic rings. The van der Waals surface area contributed by atoms with Crippen LogP contribution >= 0.6 is 0 Å². The molecule has 4 saturated carbocycles. The summed E-state index contributed by atoms with van der Waals surface area (Å²) in [5.74, 6) is 2.24. The zero-order valence-corrected chi connectivity index (χ0v) is 21.6. The molecule has 0 radical (unpaired) electrons. The highest BCUT2D eigenvalue weighted by molar-refractivity contribution is 7.97. The average molecular weight is 526 g/mol. The van der Waals surface area contributed by atoms with Gasteiger partial charge in [-0.1, -0.05) is 36.4 Å². The molecular formula is C31H32F3O2S+. The van der Waals surface area contributed by atoms with Crippen LogP contribution in [0.4, 0.5) is 13.2 Å². The molecule has 0 aromatic heterocycles. The molecular weight excluding hydrogens is 493 g/mol. The molecule has 0 unspecified atom stereocenters. The highest BCUT2D eigenvalue weighted by Gasteiger charge is 2.51. The number of ether oxygens (including phenoxy) is 2. The van der Waals surface area contributed by atoms with Gasteiger partial charge < -0.3 is 9.47 Å². The van der Waals surface area contributed by atoms with Crippen LogP contribution in [0.2, 0.25) is 0 Å². The minimum Gasteiger partial charge on any atom is -0.467 e. The second kappa shape index (κ2) is 10.0. The van der Waals surface area contributed by atoms with E-state index in [4.69, 9.17) is 9.47 Å². The first kappa shape index (κ1) is 24.9. The monoisotopic (exact) mass is 525 g/mol. The Morgan fingerprint density at radius 2 is 1.27 bits per heavy atom. The predicted molar refractivity (Wildman–Crippen MR) is 139 cm³/mol. The van der Waals surface area contributed by atoms with Crippen LogP contribution in [0.5, 0.6) is 5.75 Å². The third-order valence-electron chi connectivity index (χ3n) is 8.32. The fourth-order valence-corrected chi connectivity index (χ4v) is 9.44. The summed E-state index contributed by atoms with van der Waals surface area (Å²) >= 11 is 0. The van der Waals surface area contributed by atoms with E-state index < -0.39 is 22.6 Å². The Morgan fingerprint density at radius 3 is 1.78 bits per heavy atom. The molecule has 6 heteroatoms. The van der Waals surface area contributed by atoms with Gasteiger partial charge in [-0.3, -0.25) is 0 Å². The van der Waals surface area contributed by atoms with Gasteiger partial charge >= 0.3 is 6.18 Å². The van der Waals surface area contributed by atoms with Crippen LogP contribution in [-0.4, -0.2) is 13.4 Å². The molecule has 0 saturated heterocycles. The number of hydrogen-bond acceptors (Lipinski definition) is 2. The summed E-state index contributed by atoms with van der Waals surface area (Å²) in [6, 6.07) is 24.1. The maximum Gasteiger partial charge on any atom is 0.419 e. The number of hydrogen-bond donors (Lipinski definition) is 0. The summed E-state index contributed by atoms with van der Waals surface area (Å²) in [5, 5.41) is 0. The molecule has 194 valence electrons. The van der Waals surface area contributed by atoms with E-state index in [0.717, 1.165) is 38.5 Å². The van der Waals surface area contributed by atoms with E-state index >= 15 is 0 Å². The van der Waals surface area contributed by atoms with Crippen LogP contribution < -0.4 is 4.74 Å². The minimum atomic E-state index is -4.51. The maximum atomic E-state index is 13.9. The first-order chi connectivity index (χ1) is 17.9. The van der Waals surface area contributed by atoms with Crippen molar-refractivity contribution in [3.63, 3.8) is 0 Å². The fourth-order valence-electron chi connectivity index (χ4n) is 7.33. The van der Waals surface area contributed by atoms with E-state index in [1.807, 2.05) is 60.7 Å². The average Bonchev–Trinajstić information content (AvgIpc) is 2.87. The van der Waals surface area contributed by atoms with E-state index in [1.54, 1.807) is 12.1 Å². The van der Waals surface area contributed by atoms with Crippen LogP contribution in [-0.2, 0) is 21.8 Å². The van der Waals surface area contributed by atoms with Gasteiger partial charge in [-0.05, 0) is 98.1 Å². The van der Waals surface area contributed by atoms with Crippen molar-refractivity contribution in [1.82, 2.24) is 0 Å². The normalized spacial score (nSPS) is 26.5. The van der Waals surface area contributed by atoms with Crippen LogP contribution in [0.1, 0.15) is 44.1 Å². The summed E-state index contributed by atoms with van der Waals surface area (Å²) in [5.41, 5.74) is -0.570. The molecule has 0 heterocycles. The van der Waals surface area contributed by atoms with Gasteiger partial charge in [0.2, 0.25) is 0 Å². The van der Waals surface area contributed by atoms with Crippen molar-refractivity contribution in [3.8, 4) is 5.75 Å². The highest BCUT2D eigenvalue weighted by Crippen LogP contribution is 2.60. The quantitative estimate of drug-likeness (QED) is 0.167. The topological polar surface area (TPSA) is 18.5 Å². The summed E-state index contributed by atoms with van der Waals surface area (Å²) in [6.07, 6.45) is 3.12. The smallest absolute Gasteiger partial charge is 0.419 e. The van der Waals surface area contributed by atoms with E-state index in [9.17, 15) is 13.2 Å². The lowest BCUT2D eigenvalue weighted by molar-refractivity contribution is -0.141. The Balaban J connectivity index is 1.23. The molecule has 0 atom stereocenters. The van der Waals surface area contributed by atoms with Crippen molar-refractivity contribution in [3.05, 3.63) is 84.4 Å². The van der Waals surface area contributed by atoms with Gasteiger partial charge in [0.1, 0.15) is 5.75 Å². The van der Waals surface area contributed by atoms with Gasteiger partial charge in [0, 0.05) is 6.07 Å². The van der Waals surface area contributed by atoms with Crippen molar-refractivity contribution in [1.29, 1.82) is 0 Å². The molecule has 2 nitrogen and oxygen atoms in total. The zero-order chi connectivity index (χ0) is 25.5. The SMILES string of the molecule is FC(F)(F)c1ccc([S+](c2ccccc2)c2ccccc2)cc1OCOCC12CC3CC(CC(C3)C1)C2. The van der Waals surface area contributed by atoms with Gasteiger partial charge in [0.25, 0.3) is 0 Å². The highest BCUT2D eigenvalue weighted by atomic mass is 32.2. The van der Waals surface area contributed by atoms with Crippen LogP contribution in [0.3, 0.4) is 0 Å². The van der Waals surface area contributed by atoms with Crippen LogP contribution in [0, 0.1) is 23.2 Å². The van der Waals surface area contributed by atoms with E-state index in [0.29, 0.717) is 6.61 Å². The molecule has 4 aliphatic rings. The lowest BCUT2D eigenvalue weighted by Crippen LogP contribution is -2.48. The standard InChI is InChI=1S/C31H32F3O2S/c32-31(33,34)28-12-11-27(37(25-7-3-1-4-8-25)26-9-5-2-6-10-26)16-29(28)36-21-35-20-30-17-22-13-23(18-30)15-24(14-22)19-30/h1-12,16,22-24H,13-15,17-21H2/q+1. The van der Waals surface area contributed by atoms with Crippen LogP contribution in [0.25, 0.3) is 0 Å². The van der Waals surface area contributed by atoms with Gasteiger partial charge in [-0.2, -0.15) is 13.2 Å². The number of halogens is 3. The Morgan fingerprint density at radius 1 is 0.730 bits per heavy atom. The molecule has 0 amide bonds. The van der Waals surface area contributed by atoms with Gasteiger partial charge in [-0.15, -0.1) is 0 Å². The van der Waals surface area contributed by atoms with Crippen molar-refractivity contribution in [2.75, 3.05) is 13.4 Å². The maximum absolute atomic E-state index is 13.9. The van der Waals surface area contributed by atoms with E-state index in [2.05, 4.69) is 0 Å². The first-order valence-electron chi connectivity index (χ1n) is 13.1. The largest absolute Gasteiger partial charge is 0.467 e. The molecule has 37 heavy (non-hydrogen) atoms. The van der Waals surface area contributed by atoms with Crippen molar-refractivity contribution < 1.29 is 22.6 Å². The number of rotatable bonds is 8. The third-order valence-corrected chi connectivity index (χ3v) is 10.5. The third kappa shape index (κ3) is 5.28. The number of alkyl halides is 3. The van der Waals surface area contributed by atoms with Gasteiger partial charge in [0.05, 0.1) is 23.1 Å². The number of benzene rings is 3. The van der Waals surface area contributed by atoms with Gasteiger partial charge in [0.15, 0.2) is 21.5 Å². The molecule has 4 fully saturated rings. The van der Waals surface area contributed by atoms with Crippen molar-refractivity contribution >= 4 is 10.9 Å². The summed E-state index contributed by atoms with van der Waals surface area (Å²) in [6.45, 7) is 0.411. The second-order valence-corrected chi connectivity index (χ2v) is 13.1. The predicted octanol–water partition coefficient (Wildman–Crippen LogP) is 8.37. The summed E-state index contributed by atoms with van der Waals surface area (Å²) in [7, 11) is -0.563.